The normalized spacial score (nSPS) is 31.7. The Morgan fingerprint density at radius 1 is 1.06 bits per heavy atom. The number of hydrogen-bond donors (Lipinski definition) is 2. The highest BCUT2D eigenvalue weighted by atomic mass is 16.2. The monoisotopic (exact) mass is 444 g/mol. The van der Waals surface area contributed by atoms with Gasteiger partial charge in [-0.1, -0.05) is 26.0 Å². The van der Waals surface area contributed by atoms with E-state index >= 15 is 0 Å². The Hall–Kier alpha value is -1.93. The van der Waals surface area contributed by atoms with E-state index in [4.69, 9.17) is 4.99 Å². The van der Waals surface area contributed by atoms with Crippen LogP contribution in [0.2, 0.25) is 0 Å². The van der Waals surface area contributed by atoms with Gasteiger partial charge >= 0.3 is 0 Å². The summed E-state index contributed by atoms with van der Waals surface area (Å²) in [6, 6.07) is 0.406. The lowest BCUT2D eigenvalue weighted by Crippen LogP contribution is -2.52. The number of fused-ring (bicyclic) bond motifs is 5. The number of guanidine groups is 1. The van der Waals surface area contributed by atoms with E-state index in [0.29, 0.717) is 25.0 Å². The van der Waals surface area contributed by atoms with Gasteiger partial charge in [-0.2, -0.15) is 0 Å². The predicted octanol–water partition coefficient (Wildman–Crippen LogP) is 0.621. The van der Waals surface area contributed by atoms with Crippen molar-refractivity contribution in [3.05, 3.63) is 12.2 Å². The van der Waals surface area contributed by atoms with Gasteiger partial charge in [0.2, 0.25) is 11.8 Å². The molecule has 0 radical (unpaired) electrons. The van der Waals surface area contributed by atoms with Crippen LogP contribution in [-0.2, 0) is 9.59 Å². The van der Waals surface area contributed by atoms with E-state index in [1.165, 1.54) is 4.90 Å². The number of imide groups is 1. The van der Waals surface area contributed by atoms with Crippen LogP contribution in [0, 0.1) is 29.6 Å². The van der Waals surface area contributed by atoms with Crippen LogP contribution in [0.25, 0.3) is 0 Å². The molecule has 32 heavy (non-hydrogen) atoms. The molecule has 2 bridgehead atoms. The van der Waals surface area contributed by atoms with E-state index < -0.39 is 0 Å². The summed E-state index contributed by atoms with van der Waals surface area (Å²) in [5, 5.41) is 6.66. The van der Waals surface area contributed by atoms with Gasteiger partial charge in [0, 0.05) is 51.9 Å². The van der Waals surface area contributed by atoms with E-state index in [2.05, 4.69) is 60.4 Å². The number of hydrogen-bond acceptors (Lipinski definition) is 5. The first kappa shape index (κ1) is 23.2. The molecular formula is C24H40N6O2. The molecule has 2 N–H and O–H groups in total. The van der Waals surface area contributed by atoms with Crippen LogP contribution in [-0.4, -0.2) is 97.9 Å². The van der Waals surface area contributed by atoms with Crippen LogP contribution in [0.4, 0.5) is 0 Å². The Bertz CT molecular complexity index is 728. The molecule has 5 atom stereocenters. The van der Waals surface area contributed by atoms with E-state index in [1.54, 1.807) is 0 Å². The van der Waals surface area contributed by atoms with Crippen LogP contribution < -0.4 is 10.6 Å². The van der Waals surface area contributed by atoms with E-state index in [0.717, 1.165) is 51.6 Å². The minimum absolute atomic E-state index is 0.0236. The standard InChI is InChI=1S/C24H40N6O2/c1-5-25-24(27-15-19(16(2)3)29-12-10-28(4)11-13-29)26-8-9-30-22(31)20-17-6-7-18(14-17)21(20)23(30)32/h6-7,16-21H,5,8-15H2,1-4H3,(H2,25,26,27). The molecule has 8 nitrogen and oxygen atoms in total. The van der Waals surface area contributed by atoms with Crippen molar-refractivity contribution >= 4 is 17.8 Å². The second kappa shape index (κ2) is 9.91. The topological polar surface area (TPSA) is 80.3 Å². The maximum atomic E-state index is 12.9. The smallest absolute Gasteiger partial charge is 0.233 e. The molecule has 2 aliphatic carbocycles. The highest BCUT2D eigenvalue weighted by Crippen LogP contribution is 2.52. The Kier molecular flexibility index (Phi) is 7.20. The average Bonchev–Trinajstić information content (AvgIpc) is 3.44. The van der Waals surface area contributed by atoms with Crippen LogP contribution in [0.3, 0.4) is 0 Å². The van der Waals surface area contributed by atoms with Crippen molar-refractivity contribution in [1.29, 1.82) is 0 Å². The van der Waals surface area contributed by atoms with Crippen LogP contribution in [0.5, 0.6) is 0 Å². The van der Waals surface area contributed by atoms with Crippen molar-refractivity contribution in [2.75, 3.05) is 59.4 Å². The van der Waals surface area contributed by atoms with Gasteiger partial charge in [0.15, 0.2) is 5.96 Å². The lowest BCUT2D eigenvalue weighted by molar-refractivity contribution is -0.140. The lowest BCUT2D eigenvalue weighted by Gasteiger charge is -2.39. The summed E-state index contributed by atoms with van der Waals surface area (Å²) in [5.41, 5.74) is 0. The largest absolute Gasteiger partial charge is 0.357 e. The van der Waals surface area contributed by atoms with Gasteiger partial charge in [0.25, 0.3) is 0 Å². The fraction of sp³-hybridized carbons (Fsp3) is 0.792. The number of aliphatic imine (C=N–C) groups is 1. The summed E-state index contributed by atoms with van der Waals surface area (Å²) in [4.78, 5) is 37.0. The molecule has 8 heteroatoms. The molecular weight excluding hydrogens is 404 g/mol. The van der Waals surface area contributed by atoms with E-state index in [1.807, 2.05) is 0 Å². The number of amides is 2. The molecule has 0 aromatic carbocycles. The number of likely N-dealkylation sites (N-methyl/N-ethyl adjacent to an activating group) is 1. The first-order chi connectivity index (χ1) is 15.4. The fourth-order valence-corrected chi connectivity index (χ4v) is 5.90. The van der Waals surface area contributed by atoms with Crippen LogP contribution in [0.1, 0.15) is 27.2 Å². The zero-order chi connectivity index (χ0) is 22.8. The highest BCUT2D eigenvalue weighted by molar-refractivity contribution is 6.06. The molecule has 2 heterocycles. The van der Waals surface area contributed by atoms with E-state index in [-0.39, 0.29) is 35.5 Å². The second-order valence-electron chi connectivity index (χ2n) is 10.1. The summed E-state index contributed by atoms with van der Waals surface area (Å²) in [6.45, 7) is 13.4. The number of nitrogens with zero attached hydrogens (tertiary/aromatic N) is 4. The summed E-state index contributed by atoms with van der Waals surface area (Å²) >= 11 is 0. The zero-order valence-electron chi connectivity index (χ0n) is 20.1. The molecule has 2 saturated heterocycles. The maximum absolute atomic E-state index is 12.9. The molecule has 0 aromatic heterocycles. The molecule has 0 aromatic rings. The Morgan fingerprint density at radius 3 is 2.25 bits per heavy atom. The third-order valence-electron chi connectivity index (χ3n) is 7.75. The molecule has 5 unspecified atom stereocenters. The number of allylic oxidation sites excluding steroid dienone is 2. The van der Waals surface area contributed by atoms with Gasteiger partial charge in [0.05, 0.1) is 18.4 Å². The van der Waals surface area contributed by atoms with Gasteiger partial charge in [0.1, 0.15) is 0 Å². The average molecular weight is 445 g/mol. The van der Waals surface area contributed by atoms with Crippen molar-refractivity contribution in [1.82, 2.24) is 25.3 Å². The first-order valence-electron chi connectivity index (χ1n) is 12.4. The zero-order valence-corrected chi connectivity index (χ0v) is 20.1. The third kappa shape index (κ3) is 4.57. The number of piperazine rings is 1. The quantitative estimate of drug-likeness (QED) is 0.247. The molecule has 0 spiro atoms. The minimum atomic E-state index is -0.116. The van der Waals surface area contributed by atoms with E-state index in [9.17, 15) is 9.59 Å². The molecule has 4 aliphatic rings. The summed E-state index contributed by atoms with van der Waals surface area (Å²) in [7, 11) is 2.18. The number of carbonyl (C=O) groups excluding carboxylic acids is 2. The van der Waals surface area contributed by atoms with Crippen LogP contribution >= 0.6 is 0 Å². The lowest BCUT2D eigenvalue weighted by atomic mass is 9.85. The van der Waals surface area contributed by atoms with Crippen molar-refractivity contribution < 1.29 is 9.59 Å². The number of carbonyl (C=O) groups is 2. The predicted molar refractivity (Wildman–Crippen MR) is 126 cm³/mol. The Labute approximate surface area is 192 Å². The van der Waals surface area contributed by atoms with Gasteiger partial charge in [-0.05, 0) is 38.1 Å². The highest BCUT2D eigenvalue weighted by Gasteiger charge is 2.58. The second-order valence-corrected chi connectivity index (χ2v) is 10.1. The Morgan fingerprint density at radius 2 is 1.69 bits per heavy atom. The molecule has 2 aliphatic heterocycles. The van der Waals surface area contributed by atoms with Crippen LogP contribution in [0.15, 0.2) is 17.1 Å². The Balaban J connectivity index is 1.31. The van der Waals surface area contributed by atoms with Crippen molar-refractivity contribution in [2.45, 2.75) is 33.2 Å². The van der Waals surface area contributed by atoms with Crippen molar-refractivity contribution in [2.24, 2.45) is 34.6 Å². The molecule has 178 valence electrons. The van der Waals surface area contributed by atoms with Crippen molar-refractivity contribution in [3.63, 3.8) is 0 Å². The number of likely N-dealkylation sites (tertiary alicyclic amines) is 1. The summed E-state index contributed by atoms with van der Waals surface area (Å²) in [6.07, 6.45) is 5.25. The molecule has 4 rings (SSSR count). The maximum Gasteiger partial charge on any atom is 0.233 e. The summed E-state index contributed by atoms with van der Waals surface area (Å²) in [5.74, 6) is 1.62. The minimum Gasteiger partial charge on any atom is -0.357 e. The molecule has 1 saturated carbocycles. The molecule has 3 fully saturated rings. The third-order valence-corrected chi connectivity index (χ3v) is 7.75. The first-order valence-corrected chi connectivity index (χ1v) is 12.4. The van der Waals surface area contributed by atoms with Gasteiger partial charge in [-0.15, -0.1) is 0 Å². The van der Waals surface area contributed by atoms with Crippen molar-refractivity contribution in [3.8, 4) is 0 Å². The number of rotatable bonds is 8. The van der Waals surface area contributed by atoms with Gasteiger partial charge < -0.3 is 15.5 Å². The van der Waals surface area contributed by atoms with Gasteiger partial charge in [-0.3, -0.25) is 24.4 Å². The fourth-order valence-electron chi connectivity index (χ4n) is 5.90. The SMILES string of the molecule is CCNC(=NCC(C(C)C)N1CCN(C)CC1)NCCN1C(=O)C2C3C=CC(C3)C2C1=O. The van der Waals surface area contributed by atoms with Gasteiger partial charge in [-0.25, -0.2) is 0 Å². The molecule has 2 amide bonds. The number of nitrogens with one attached hydrogen (secondary N) is 2. The summed E-state index contributed by atoms with van der Waals surface area (Å²) < 4.78 is 0.